The second kappa shape index (κ2) is 5.96. The van der Waals surface area contributed by atoms with Gasteiger partial charge >= 0.3 is 13.6 Å². The predicted octanol–water partition coefficient (Wildman–Crippen LogP) is 3.94. The molecule has 1 fully saturated rings. The van der Waals surface area contributed by atoms with Gasteiger partial charge in [-0.05, 0) is 48.0 Å². The van der Waals surface area contributed by atoms with Crippen LogP contribution in [0.5, 0.6) is 0 Å². The molecule has 0 aliphatic heterocycles. The lowest BCUT2D eigenvalue weighted by molar-refractivity contribution is -0.149. The lowest BCUT2D eigenvalue weighted by Crippen LogP contribution is -2.27. The average molecular weight is 327 g/mol. The minimum atomic E-state index is -3.64. The second-order valence-electron chi connectivity index (χ2n) is 5.79. The van der Waals surface area contributed by atoms with E-state index in [0.717, 1.165) is 0 Å². The fourth-order valence-electron chi connectivity index (χ4n) is 2.09. The standard InChI is InChI=1S/C13H24ClO5P/c1-7-17-11(15)12(6)8-13(12,14)20(16,18-9(2)3)19-10(4)5/h9-10H,7-8H2,1-6H3/t12-,13-/m0/s1. The summed E-state index contributed by atoms with van der Waals surface area (Å²) in [5, 5.41) is 0. The molecule has 0 saturated heterocycles. The van der Waals surface area contributed by atoms with Crippen LogP contribution in [0.2, 0.25) is 0 Å². The number of ether oxygens (including phenoxy) is 1. The molecule has 0 heterocycles. The monoisotopic (exact) mass is 326 g/mol. The van der Waals surface area contributed by atoms with Gasteiger partial charge in [-0.1, -0.05) is 0 Å². The Bertz CT molecular complexity index is 411. The summed E-state index contributed by atoms with van der Waals surface area (Å²) in [6.45, 7) is 10.6. The summed E-state index contributed by atoms with van der Waals surface area (Å²) < 4.78 is 27.7. The van der Waals surface area contributed by atoms with Crippen molar-refractivity contribution in [1.29, 1.82) is 0 Å². The fraction of sp³-hybridized carbons (Fsp3) is 0.923. The maximum absolute atomic E-state index is 13.1. The van der Waals surface area contributed by atoms with Gasteiger partial charge < -0.3 is 13.8 Å². The Hall–Kier alpha value is -0.0900. The van der Waals surface area contributed by atoms with Crippen molar-refractivity contribution in [3.63, 3.8) is 0 Å². The van der Waals surface area contributed by atoms with Gasteiger partial charge in [0.1, 0.15) is 0 Å². The Kier molecular flexibility index (Phi) is 5.35. The normalized spacial score (nSPS) is 29.9. The smallest absolute Gasteiger partial charge is 0.353 e. The molecule has 1 rings (SSSR count). The lowest BCUT2D eigenvalue weighted by atomic mass is 10.1. The van der Waals surface area contributed by atoms with Crippen molar-refractivity contribution in [1.82, 2.24) is 0 Å². The van der Waals surface area contributed by atoms with E-state index in [-0.39, 0.29) is 25.2 Å². The molecule has 0 bridgehead atoms. The molecule has 0 aromatic heterocycles. The van der Waals surface area contributed by atoms with E-state index in [1.807, 2.05) is 0 Å². The van der Waals surface area contributed by atoms with Gasteiger partial charge in [0, 0.05) is 0 Å². The zero-order chi connectivity index (χ0) is 15.8. The Morgan fingerprint density at radius 1 is 1.25 bits per heavy atom. The summed E-state index contributed by atoms with van der Waals surface area (Å²) >= 11 is 6.46. The number of rotatable bonds is 7. The van der Waals surface area contributed by atoms with Crippen LogP contribution in [0.15, 0.2) is 0 Å². The van der Waals surface area contributed by atoms with E-state index in [0.29, 0.717) is 0 Å². The van der Waals surface area contributed by atoms with Crippen LogP contribution < -0.4 is 0 Å². The SMILES string of the molecule is CCOC(=O)[C@]1(C)C[C@]1(Cl)P(=O)(OC(C)C)OC(C)C. The first kappa shape index (κ1) is 18.0. The molecule has 0 unspecified atom stereocenters. The topological polar surface area (TPSA) is 61.8 Å². The van der Waals surface area contributed by atoms with Crippen LogP contribution in [0.25, 0.3) is 0 Å². The van der Waals surface area contributed by atoms with Crippen LogP contribution in [0.4, 0.5) is 0 Å². The third-order valence-electron chi connectivity index (χ3n) is 3.17. The summed E-state index contributed by atoms with van der Waals surface area (Å²) in [6, 6.07) is 0. The zero-order valence-electron chi connectivity index (χ0n) is 12.9. The zero-order valence-corrected chi connectivity index (χ0v) is 14.6. The molecule has 0 spiro atoms. The number of carbonyl (C=O) groups is 1. The average Bonchev–Trinajstić information content (AvgIpc) is 2.83. The maximum atomic E-state index is 13.1. The number of alkyl halides is 1. The van der Waals surface area contributed by atoms with Gasteiger partial charge in [0.25, 0.3) is 0 Å². The fourth-order valence-corrected chi connectivity index (χ4v) is 5.37. The number of carbonyl (C=O) groups excluding carboxylic acids is 1. The third kappa shape index (κ3) is 3.06. The van der Waals surface area contributed by atoms with Crippen molar-refractivity contribution in [3.05, 3.63) is 0 Å². The molecule has 0 aromatic rings. The van der Waals surface area contributed by atoms with Crippen molar-refractivity contribution >= 4 is 25.2 Å². The van der Waals surface area contributed by atoms with Crippen LogP contribution in [0.3, 0.4) is 0 Å². The molecule has 2 atom stereocenters. The minimum Gasteiger partial charge on any atom is -0.466 e. The van der Waals surface area contributed by atoms with Crippen LogP contribution in [-0.2, 0) is 23.1 Å². The van der Waals surface area contributed by atoms with Crippen LogP contribution in [0, 0.1) is 5.41 Å². The summed E-state index contributed by atoms with van der Waals surface area (Å²) in [4.78, 5) is 12.0. The number of hydrogen-bond donors (Lipinski definition) is 0. The van der Waals surface area contributed by atoms with Gasteiger partial charge in [0.05, 0.1) is 24.2 Å². The van der Waals surface area contributed by atoms with Crippen molar-refractivity contribution in [2.45, 2.75) is 64.8 Å². The van der Waals surface area contributed by atoms with Crippen molar-refractivity contribution in [2.24, 2.45) is 5.41 Å². The molecule has 0 N–H and O–H groups in total. The predicted molar refractivity (Wildman–Crippen MR) is 78.0 cm³/mol. The highest BCUT2D eigenvalue weighted by Gasteiger charge is 2.80. The first-order valence-electron chi connectivity index (χ1n) is 6.85. The van der Waals surface area contributed by atoms with Crippen molar-refractivity contribution < 1.29 is 23.1 Å². The third-order valence-corrected chi connectivity index (χ3v) is 7.26. The molecule has 20 heavy (non-hydrogen) atoms. The van der Waals surface area contributed by atoms with E-state index >= 15 is 0 Å². The van der Waals surface area contributed by atoms with Gasteiger partial charge in [0.15, 0.2) is 4.62 Å². The van der Waals surface area contributed by atoms with E-state index in [9.17, 15) is 9.36 Å². The molecule has 1 aliphatic carbocycles. The summed E-state index contributed by atoms with van der Waals surface area (Å²) in [6.07, 6.45) is -0.415. The quantitative estimate of drug-likeness (QED) is 0.403. The van der Waals surface area contributed by atoms with Crippen molar-refractivity contribution in [2.75, 3.05) is 6.61 Å². The first-order chi connectivity index (χ1) is 9.02. The van der Waals surface area contributed by atoms with Crippen LogP contribution in [0.1, 0.15) is 48.0 Å². The highest BCUT2D eigenvalue weighted by atomic mass is 35.5. The Morgan fingerprint density at radius 2 is 1.70 bits per heavy atom. The van der Waals surface area contributed by atoms with E-state index in [1.54, 1.807) is 41.5 Å². The van der Waals surface area contributed by atoms with E-state index in [4.69, 9.17) is 25.4 Å². The number of esters is 1. The van der Waals surface area contributed by atoms with E-state index < -0.39 is 23.6 Å². The Morgan fingerprint density at radius 3 is 2.05 bits per heavy atom. The molecule has 0 aromatic carbocycles. The number of halogens is 1. The molecule has 7 heteroatoms. The molecular formula is C13H24ClO5P. The molecule has 1 saturated carbocycles. The molecule has 118 valence electrons. The molecule has 0 amide bonds. The van der Waals surface area contributed by atoms with Gasteiger partial charge in [-0.15, -0.1) is 11.6 Å². The van der Waals surface area contributed by atoms with Gasteiger partial charge in [-0.2, -0.15) is 0 Å². The summed E-state index contributed by atoms with van der Waals surface area (Å²) in [5.41, 5.74) is -1.04. The second-order valence-corrected chi connectivity index (χ2v) is 8.88. The maximum Gasteiger partial charge on any atom is 0.353 e. The van der Waals surface area contributed by atoms with Crippen molar-refractivity contribution in [3.8, 4) is 0 Å². The largest absolute Gasteiger partial charge is 0.466 e. The minimum absolute atomic E-state index is 0.219. The first-order valence-corrected chi connectivity index (χ1v) is 8.77. The summed E-state index contributed by atoms with van der Waals surface area (Å²) in [7, 11) is -3.64. The number of hydrogen-bond acceptors (Lipinski definition) is 5. The summed E-state index contributed by atoms with van der Waals surface area (Å²) in [5.74, 6) is -0.463. The molecule has 1 aliphatic rings. The van der Waals surface area contributed by atoms with E-state index in [2.05, 4.69) is 0 Å². The molecule has 0 radical (unpaired) electrons. The molecular weight excluding hydrogens is 303 g/mol. The Balaban J connectivity index is 3.04. The van der Waals surface area contributed by atoms with Gasteiger partial charge in [-0.25, -0.2) is 0 Å². The highest BCUT2D eigenvalue weighted by Crippen LogP contribution is 2.82. The Labute approximate surface area is 125 Å². The van der Waals surface area contributed by atoms with Gasteiger partial charge in [0.2, 0.25) is 0 Å². The van der Waals surface area contributed by atoms with Crippen LogP contribution in [-0.4, -0.2) is 29.4 Å². The molecule has 5 nitrogen and oxygen atoms in total. The lowest BCUT2D eigenvalue weighted by Gasteiger charge is -2.28. The van der Waals surface area contributed by atoms with E-state index in [1.165, 1.54) is 0 Å². The van der Waals surface area contributed by atoms with Gasteiger partial charge in [-0.3, -0.25) is 9.36 Å². The van der Waals surface area contributed by atoms with Crippen LogP contribution >= 0.6 is 19.2 Å². The highest BCUT2D eigenvalue weighted by molar-refractivity contribution is 7.58.